The molecule has 0 unspecified atom stereocenters. The Morgan fingerprint density at radius 3 is 3.00 bits per heavy atom. The molecule has 0 saturated carbocycles. The smallest absolute Gasteiger partial charge is 0.199 e. The van der Waals surface area contributed by atoms with Crippen molar-refractivity contribution in [1.29, 1.82) is 0 Å². The topological polar surface area (TPSA) is 58.4 Å². The molecule has 0 aromatic carbocycles. The third-order valence-electron chi connectivity index (χ3n) is 3.26. The Hall–Kier alpha value is -1.25. The van der Waals surface area contributed by atoms with Crippen molar-refractivity contribution in [3.63, 3.8) is 0 Å². The van der Waals surface area contributed by atoms with Crippen LogP contribution in [0.25, 0.3) is 16.0 Å². The summed E-state index contributed by atoms with van der Waals surface area (Å²) in [4.78, 5) is 12.4. The second-order valence-electron chi connectivity index (χ2n) is 4.41. The van der Waals surface area contributed by atoms with E-state index >= 15 is 0 Å². The number of fused-ring (bicyclic) bond motifs is 3. The molecule has 1 aliphatic rings. The second kappa shape index (κ2) is 4.39. The van der Waals surface area contributed by atoms with Crippen LogP contribution in [0.15, 0.2) is 16.2 Å². The summed E-state index contributed by atoms with van der Waals surface area (Å²) in [6, 6.07) is 2.04. The van der Waals surface area contributed by atoms with Gasteiger partial charge in [0.15, 0.2) is 11.5 Å². The summed E-state index contributed by atoms with van der Waals surface area (Å²) >= 11 is 5.14. The van der Waals surface area contributed by atoms with E-state index in [-0.39, 0.29) is 0 Å². The molecule has 1 aliphatic heterocycles. The first kappa shape index (κ1) is 11.6. The second-order valence-corrected chi connectivity index (χ2v) is 6.82. The lowest BCUT2D eigenvalue weighted by molar-refractivity contribution is 0.586. The highest BCUT2D eigenvalue weighted by Gasteiger charge is 2.19. The summed E-state index contributed by atoms with van der Waals surface area (Å²) in [5, 5.41) is 7.68. The number of hydrogen-bond acceptors (Lipinski definition) is 6. The molecule has 0 spiro atoms. The molecule has 0 aliphatic carbocycles. The fraction of sp³-hybridized carbons (Fsp3) is 0.364. The van der Waals surface area contributed by atoms with Crippen LogP contribution in [0.2, 0.25) is 0 Å². The van der Waals surface area contributed by atoms with Gasteiger partial charge in [0.1, 0.15) is 16.7 Å². The average molecular weight is 339 g/mol. The summed E-state index contributed by atoms with van der Waals surface area (Å²) in [6.07, 6.45) is 1.59. The summed E-state index contributed by atoms with van der Waals surface area (Å²) in [6.45, 7) is 3.86. The van der Waals surface area contributed by atoms with E-state index in [2.05, 4.69) is 36.2 Å². The van der Waals surface area contributed by atoms with Crippen molar-refractivity contribution in [3.8, 4) is 0 Å². The van der Waals surface area contributed by atoms with Crippen molar-refractivity contribution in [2.45, 2.75) is 0 Å². The largest absolute Gasteiger partial charge is 0.351 e. The van der Waals surface area contributed by atoms with Crippen LogP contribution in [-0.4, -0.2) is 45.8 Å². The lowest BCUT2D eigenvalue weighted by Crippen LogP contribution is -2.44. The Morgan fingerprint density at radius 2 is 2.16 bits per heavy atom. The van der Waals surface area contributed by atoms with Gasteiger partial charge in [0.05, 0.1) is 3.79 Å². The van der Waals surface area contributed by atoms with Crippen molar-refractivity contribution in [3.05, 3.63) is 16.2 Å². The van der Waals surface area contributed by atoms with Crippen LogP contribution in [0.4, 0.5) is 5.82 Å². The maximum Gasteiger partial charge on any atom is 0.199 e. The van der Waals surface area contributed by atoms with Crippen molar-refractivity contribution >= 4 is 49.1 Å². The van der Waals surface area contributed by atoms with Gasteiger partial charge in [-0.1, -0.05) is 0 Å². The number of hydrogen-bond donors (Lipinski definition) is 1. The number of nitrogens with one attached hydrogen (secondary N) is 1. The number of anilines is 1. The third-order valence-corrected chi connectivity index (χ3v) is 4.78. The molecular weight excluding hydrogens is 328 g/mol. The minimum atomic E-state index is 0.833. The molecule has 19 heavy (non-hydrogen) atoms. The standard InChI is InChI=1S/C11H11BrN6S/c12-8-5-7-11(19-8)16-10(9-14-6-15-18(7)9)17-3-1-13-2-4-17/h5-6,13H,1-4H2. The number of aromatic nitrogens is 4. The molecule has 1 fully saturated rings. The molecule has 4 heterocycles. The highest BCUT2D eigenvalue weighted by atomic mass is 79.9. The van der Waals surface area contributed by atoms with Gasteiger partial charge in [-0.3, -0.25) is 0 Å². The highest BCUT2D eigenvalue weighted by Crippen LogP contribution is 2.31. The Labute approximate surface area is 121 Å². The maximum absolute atomic E-state index is 4.78. The molecule has 8 heteroatoms. The van der Waals surface area contributed by atoms with E-state index in [9.17, 15) is 0 Å². The molecule has 3 aromatic heterocycles. The van der Waals surface area contributed by atoms with Gasteiger partial charge >= 0.3 is 0 Å². The lowest BCUT2D eigenvalue weighted by atomic mass is 10.3. The van der Waals surface area contributed by atoms with Crippen molar-refractivity contribution < 1.29 is 0 Å². The number of rotatable bonds is 1. The Kier molecular flexibility index (Phi) is 2.68. The van der Waals surface area contributed by atoms with Gasteiger partial charge < -0.3 is 10.2 Å². The Morgan fingerprint density at radius 1 is 1.32 bits per heavy atom. The monoisotopic (exact) mass is 338 g/mol. The van der Waals surface area contributed by atoms with Crippen LogP contribution < -0.4 is 10.2 Å². The molecule has 0 bridgehead atoms. The van der Waals surface area contributed by atoms with Crippen LogP contribution in [0.3, 0.4) is 0 Å². The highest BCUT2D eigenvalue weighted by molar-refractivity contribution is 9.11. The van der Waals surface area contributed by atoms with Gasteiger partial charge in [-0.05, 0) is 22.0 Å². The minimum absolute atomic E-state index is 0.833. The zero-order valence-electron chi connectivity index (χ0n) is 10.0. The quantitative estimate of drug-likeness (QED) is 0.728. The fourth-order valence-corrected chi connectivity index (χ4v) is 3.79. The summed E-state index contributed by atoms with van der Waals surface area (Å²) in [5.41, 5.74) is 1.84. The maximum atomic E-state index is 4.78. The van der Waals surface area contributed by atoms with Crippen LogP contribution in [0.5, 0.6) is 0 Å². The van der Waals surface area contributed by atoms with Crippen LogP contribution in [0, 0.1) is 0 Å². The van der Waals surface area contributed by atoms with E-state index in [1.807, 2.05) is 10.6 Å². The number of nitrogens with zero attached hydrogens (tertiary/aromatic N) is 5. The van der Waals surface area contributed by atoms with E-state index in [1.165, 1.54) is 0 Å². The van der Waals surface area contributed by atoms with Crippen molar-refractivity contribution in [1.82, 2.24) is 24.9 Å². The summed E-state index contributed by atoms with van der Waals surface area (Å²) < 4.78 is 2.94. The van der Waals surface area contributed by atoms with Gasteiger partial charge in [-0.25, -0.2) is 14.5 Å². The molecule has 1 saturated heterocycles. The predicted molar refractivity (Wildman–Crippen MR) is 78.9 cm³/mol. The molecular formula is C11H11BrN6S. The predicted octanol–water partition coefficient (Wildman–Crippen LogP) is 1.51. The molecule has 0 atom stereocenters. The molecule has 4 rings (SSSR count). The Bertz CT molecular complexity index is 744. The van der Waals surface area contributed by atoms with Crippen LogP contribution in [-0.2, 0) is 0 Å². The number of piperazine rings is 1. The van der Waals surface area contributed by atoms with Gasteiger partial charge in [-0.2, -0.15) is 5.10 Å². The van der Waals surface area contributed by atoms with Gasteiger partial charge in [0, 0.05) is 26.2 Å². The zero-order chi connectivity index (χ0) is 12.8. The minimum Gasteiger partial charge on any atom is -0.351 e. The van der Waals surface area contributed by atoms with Crippen LogP contribution >= 0.6 is 27.3 Å². The van der Waals surface area contributed by atoms with Crippen molar-refractivity contribution in [2.75, 3.05) is 31.1 Å². The van der Waals surface area contributed by atoms with Gasteiger partial charge in [0.2, 0.25) is 0 Å². The number of halogens is 1. The molecule has 0 amide bonds. The van der Waals surface area contributed by atoms with E-state index < -0.39 is 0 Å². The van der Waals surface area contributed by atoms with Gasteiger partial charge in [-0.15, -0.1) is 11.3 Å². The first-order valence-corrected chi connectivity index (χ1v) is 7.68. The molecule has 3 aromatic rings. The zero-order valence-corrected chi connectivity index (χ0v) is 12.4. The lowest BCUT2D eigenvalue weighted by Gasteiger charge is -2.28. The van der Waals surface area contributed by atoms with E-state index in [0.29, 0.717) is 0 Å². The van der Waals surface area contributed by atoms with E-state index in [0.717, 1.165) is 51.8 Å². The number of thiophene rings is 1. The third kappa shape index (κ3) is 1.82. The summed E-state index contributed by atoms with van der Waals surface area (Å²) in [5.74, 6) is 0.931. The fourth-order valence-electron chi connectivity index (χ4n) is 2.38. The van der Waals surface area contributed by atoms with E-state index in [1.54, 1.807) is 17.7 Å². The normalized spacial score (nSPS) is 16.6. The first-order valence-electron chi connectivity index (χ1n) is 6.07. The molecule has 98 valence electrons. The SMILES string of the molecule is Brc1cc2c(nc(N3CCNCC3)c3ncnn32)s1. The molecule has 1 N–H and O–H groups in total. The Balaban J connectivity index is 1.98. The molecule has 6 nitrogen and oxygen atoms in total. The van der Waals surface area contributed by atoms with Gasteiger partial charge in [0.25, 0.3) is 0 Å². The van der Waals surface area contributed by atoms with Crippen molar-refractivity contribution in [2.24, 2.45) is 0 Å². The molecule has 0 radical (unpaired) electrons. The average Bonchev–Trinajstić information content (AvgIpc) is 3.03. The first-order chi connectivity index (χ1) is 9.33. The van der Waals surface area contributed by atoms with E-state index in [4.69, 9.17) is 4.98 Å². The summed E-state index contributed by atoms with van der Waals surface area (Å²) in [7, 11) is 0. The van der Waals surface area contributed by atoms with Crippen LogP contribution in [0.1, 0.15) is 0 Å².